The maximum absolute atomic E-state index is 8.84. The molecular weight excluding hydrogens is 268 g/mol. The Hall–Kier alpha value is 0.1000. The Labute approximate surface area is 75.6 Å². The van der Waals surface area contributed by atoms with Crippen LogP contribution < -0.4 is 0 Å². The van der Waals surface area contributed by atoms with Crippen LogP contribution >= 0.6 is 31.9 Å². The van der Waals surface area contributed by atoms with Gasteiger partial charge >= 0.3 is 5.95 Å². The highest BCUT2D eigenvalue weighted by atomic mass is 79.9. The first kappa shape index (κ1) is 10.1. The van der Waals surface area contributed by atoms with Gasteiger partial charge in [-0.1, -0.05) is 31.9 Å². The van der Waals surface area contributed by atoms with Crippen LogP contribution in [0, 0.1) is 0 Å². The van der Waals surface area contributed by atoms with E-state index in [-0.39, 0.29) is 0 Å². The maximum Gasteiger partial charge on any atom is 0.314 e. The van der Waals surface area contributed by atoms with Gasteiger partial charge in [0.2, 0.25) is 0 Å². The molecule has 10 heavy (non-hydrogen) atoms. The van der Waals surface area contributed by atoms with Gasteiger partial charge in [0.25, 0.3) is 0 Å². The van der Waals surface area contributed by atoms with E-state index < -0.39 is 16.5 Å². The van der Waals surface area contributed by atoms with Gasteiger partial charge in [-0.05, 0) is 6.42 Å². The van der Waals surface area contributed by atoms with Crippen LogP contribution in [0.5, 0.6) is 0 Å². The summed E-state index contributed by atoms with van der Waals surface area (Å²) in [4.78, 5) is -0.392. The molecule has 1 atom stereocenters. The summed E-state index contributed by atoms with van der Waals surface area (Å²) in [5, 5.41) is 26.2. The highest BCUT2D eigenvalue weighted by Gasteiger charge is 2.12. The molecule has 0 aliphatic rings. The van der Waals surface area contributed by atoms with Gasteiger partial charge in [-0.25, -0.2) is 0 Å². The number of aliphatic hydroxyl groups is 3. The van der Waals surface area contributed by atoms with Crippen LogP contribution in [0.15, 0.2) is 11.7 Å². The average molecular weight is 276 g/mol. The molecule has 1 unspecified atom stereocenters. The van der Waals surface area contributed by atoms with Gasteiger partial charge in [0, 0.05) is 5.33 Å². The number of hydrogen-bond donors (Lipinski definition) is 3. The van der Waals surface area contributed by atoms with E-state index in [2.05, 4.69) is 31.9 Å². The predicted octanol–water partition coefficient (Wildman–Crippen LogP) is 2.38. The standard InChI is InChI=1S/C5H8Br2O3/c6-2-1-3(7)4(8)5(9)10/h3,8-10H,1-2H2. The number of allylic oxidation sites excluding steroid dienone is 1. The zero-order valence-corrected chi connectivity index (χ0v) is 8.26. The van der Waals surface area contributed by atoms with Crippen molar-refractivity contribution in [2.24, 2.45) is 0 Å². The van der Waals surface area contributed by atoms with Gasteiger partial charge < -0.3 is 15.3 Å². The number of rotatable bonds is 3. The zero-order valence-electron chi connectivity index (χ0n) is 5.09. The van der Waals surface area contributed by atoms with Crippen LogP contribution in [-0.2, 0) is 0 Å². The lowest BCUT2D eigenvalue weighted by Gasteiger charge is -2.05. The minimum Gasteiger partial charge on any atom is -0.505 e. The first-order valence-electron chi connectivity index (χ1n) is 2.60. The monoisotopic (exact) mass is 274 g/mol. The first-order valence-corrected chi connectivity index (χ1v) is 4.64. The first-order chi connectivity index (χ1) is 4.59. The van der Waals surface area contributed by atoms with Crippen molar-refractivity contribution < 1.29 is 15.3 Å². The highest BCUT2D eigenvalue weighted by Crippen LogP contribution is 2.16. The van der Waals surface area contributed by atoms with Crippen molar-refractivity contribution in [3.05, 3.63) is 11.7 Å². The van der Waals surface area contributed by atoms with E-state index in [0.29, 0.717) is 11.8 Å². The molecule has 3 N–H and O–H groups in total. The lowest BCUT2D eigenvalue weighted by molar-refractivity contribution is 0.155. The molecule has 0 amide bonds. The molecule has 0 fully saturated rings. The molecule has 3 nitrogen and oxygen atoms in total. The summed E-state index contributed by atoms with van der Waals surface area (Å²) in [6.07, 6.45) is 0.594. The third-order valence-electron chi connectivity index (χ3n) is 0.888. The SMILES string of the molecule is OC(O)=C(O)C(Br)CCBr. The quantitative estimate of drug-likeness (QED) is 0.547. The minimum atomic E-state index is -1.03. The molecular formula is C5H8Br2O3. The summed E-state index contributed by atoms with van der Waals surface area (Å²) in [6.45, 7) is 0. The second-order valence-electron chi connectivity index (χ2n) is 1.65. The average Bonchev–Trinajstić information content (AvgIpc) is 1.87. The van der Waals surface area contributed by atoms with Crippen molar-refractivity contribution in [2.45, 2.75) is 11.2 Å². The molecule has 0 rings (SSSR count). The number of hydrogen-bond acceptors (Lipinski definition) is 3. The molecule has 0 bridgehead atoms. The lowest BCUT2D eigenvalue weighted by Crippen LogP contribution is -2.05. The summed E-state index contributed by atoms with van der Waals surface area (Å²) >= 11 is 6.19. The Balaban J connectivity index is 3.94. The molecule has 0 heterocycles. The largest absolute Gasteiger partial charge is 0.505 e. The van der Waals surface area contributed by atoms with E-state index in [9.17, 15) is 0 Å². The minimum absolute atomic E-state index is 0.392. The fourth-order valence-electron chi connectivity index (χ4n) is 0.373. The summed E-state index contributed by atoms with van der Waals surface area (Å²) < 4.78 is 0. The fourth-order valence-corrected chi connectivity index (χ4v) is 1.88. The Morgan fingerprint density at radius 2 is 1.80 bits per heavy atom. The Morgan fingerprint density at radius 1 is 1.30 bits per heavy atom. The van der Waals surface area contributed by atoms with Crippen molar-refractivity contribution in [2.75, 3.05) is 5.33 Å². The second kappa shape index (κ2) is 4.85. The molecule has 0 spiro atoms. The number of aliphatic hydroxyl groups excluding tert-OH is 2. The van der Waals surface area contributed by atoms with Crippen molar-refractivity contribution in [3.8, 4) is 0 Å². The Bertz CT molecular complexity index is 131. The number of halogens is 2. The molecule has 5 heteroatoms. The summed E-state index contributed by atoms with van der Waals surface area (Å²) in [6, 6.07) is 0. The highest BCUT2D eigenvalue weighted by molar-refractivity contribution is 9.10. The van der Waals surface area contributed by atoms with Crippen molar-refractivity contribution in [1.29, 1.82) is 0 Å². The van der Waals surface area contributed by atoms with Crippen LogP contribution in [0.3, 0.4) is 0 Å². The Kier molecular flexibility index (Phi) is 4.89. The van der Waals surface area contributed by atoms with Gasteiger partial charge in [-0.3, -0.25) is 0 Å². The van der Waals surface area contributed by atoms with Gasteiger partial charge in [-0.15, -0.1) is 0 Å². The molecule has 0 aromatic rings. The third kappa shape index (κ3) is 3.31. The molecule has 0 aromatic heterocycles. The van der Waals surface area contributed by atoms with Crippen molar-refractivity contribution >= 4 is 31.9 Å². The van der Waals surface area contributed by atoms with E-state index in [0.717, 1.165) is 0 Å². The van der Waals surface area contributed by atoms with Crippen LogP contribution in [0.1, 0.15) is 6.42 Å². The van der Waals surface area contributed by atoms with E-state index in [1.807, 2.05) is 0 Å². The van der Waals surface area contributed by atoms with Gasteiger partial charge in [0.1, 0.15) is 0 Å². The van der Waals surface area contributed by atoms with Crippen molar-refractivity contribution in [1.82, 2.24) is 0 Å². The normalized spacial score (nSPS) is 12.6. The van der Waals surface area contributed by atoms with E-state index >= 15 is 0 Å². The van der Waals surface area contributed by atoms with Gasteiger partial charge in [0.15, 0.2) is 5.76 Å². The summed E-state index contributed by atoms with van der Waals surface area (Å²) in [7, 11) is 0. The van der Waals surface area contributed by atoms with E-state index in [4.69, 9.17) is 15.3 Å². The van der Waals surface area contributed by atoms with Crippen molar-refractivity contribution in [3.63, 3.8) is 0 Å². The van der Waals surface area contributed by atoms with Crippen LogP contribution in [0.4, 0.5) is 0 Å². The summed E-state index contributed by atoms with van der Waals surface area (Å²) in [5.41, 5.74) is 0. The van der Waals surface area contributed by atoms with Gasteiger partial charge in [-0.2, -0.15) is 0 Å². The van der Waals surface area contributed by atoms with Crippen LogP contribution in [-0.4, -0.2) is 25.5 Å². The molecule has 0 aliphatic carbocycles. The molecule has 0 aromatic carbocycles. The van der Waals surface area contributed by atoms with E-state index in [1.165, 1.54) is 0 Å². The third-order valence-corrected chi connectivity index (χ3v) is 2.24. The topological polar surface area (TPSA) is 60.7 Å². The smallest absolute Gasteiger partial charge is 0.314 e. The Morgan fingerprint density at radius 3 is 2.10 bits per heavy atom. The molecule has 0 saturated carbocycles. The lowest BCUT2D eigenvalue weighted by atomic mass is 10.3. The molecule has 60 valence electrons. The number of alkyl halides is 2. The molecule has 0 aliphatic heterocycles. The van der Waals surface area contributed by atoms with Crippen LogP contribution in [0.2, 0.25) is 0 Å². The van der Waals surface area contributed by atoms with E-state index in [1.54, 1.807) is 0 Å². The zero-order chi connectivity index (χ0) is 8.15. The summed E-state index contributed by atoms with van der Waals surface area (Å²) in [5.74, 6) is -1.46. The fraction of sp³-hybridized carbons (Fsp3) is 0.600. The molecule has 0 saturated heterocycles. The van der Waals surface area contributed by atoms with Crippen LogP contribution in [0.25, 0.3) is 0 Å². The molecule has 0 radical (unpaired) electrons. The van der Waals surface area contributed by atoms with Gasteiger partial charge in [0.05, 0.1) is 4.83 Å². The predicted molar refractivity (Wildman–Crippen MR) is 46.0 cm³/mol. The second-order valence-corrected chi connectivity index (χ2v) is 3.55. The maximum atomic E-state index is 8.84.